The lowest BCUT2D eigenvalue weighted by atomic mass is 10.1. The van der Waals surface area contributed by atoms with Gasteiger partial charge in [0.1, 0.15) is 12.8 Å². The van der Waals surface area contributed by atoms with Crippen molar-refractivity contribution in [2.24, 2.45) is 0 Å². The fourth-order valence-corrected chi connectivity index (χ4v) is 1.49. The summed E-state index contributed by atoms with van der Waals surface area (Å²) in [5.74, 6) is 0.129. The number of rotatable bonds is 3. The van der Waals surface area contributed by atoms with E-state index >= 15 is 0 Å². The molecule has 1 rings (SSSR count). The SMILES string of the molecule is COc1cc(C(O)CF)cc(Br)c1O. The molecule has 0 saturated carbocycles. The van der Waals surface area contributed by atoms with Crippen molar-refractivity contribution in [3.8, 4) is 11.5 Å². The van der Waals surface area contributed by atoms with Crippen molar-refractivity contribution < 1.29 is 19.3 Å². The van der Waals surface area contributed by atoms with E-state index in [-0.39, 0.29) is 11.5 Å². The van der Waals surface area contributed by atoms with Gasteiger partial charge in [-0.1, -0.05) is 0 Å². The van der Waals surface area contributed by atoms with E-state index in [0.717, 1.165) is 0 Å². The Labute approximate surface area is 89.3 Å². The molecule has 0 aromatic heterocycles. The van der Waals surface area contributed by atoms with Crippen LogP contribution in [0.15, 0.2) is 16.6 Å². The van der Waals surface area contributed by atoms with Gasteiger partial charge in [-0.15, -0.1) is 0 Å². The van der Waals surface area contributed by atoms with Crippen LogP contribution >= 0.6 is 15.9 Å². The molecule has 0 amide bonds. The maximum atomic E-state index is 12.2. The van der Waals surface area contributed by atoms with Gasteiger partial charge < -0.3 is 14.9 Å². The number of aliphatic hydroxyl groups excluding tert-OH is 1. The van der Waals surface area contributed by atoms with Gasteiger partial charge in [0.25, 0.3) is 0 Å². The fourth-order valence-electron chi connectivity index (χ4n) is 1.03. The predicted octanol–water partition coefficient (Wildman–Crippen LogP) is 2.17. The van der Waals surface area contributed by atoms with E-state index in [4.69, 9.17) is 4.74 Å². The highest BCUT2D eigenvalue weighted by molar-refractivity contribution is 9.10. The number of benzene rings is 1. The number of alkyl halides is 1. The second-order valence-electron chi connectivity index (χ2n) is 2.72. The summed E-state index contributed by atoms with van der Waals surface area (Å²) in [6, 6.07) is 2.84. The fraction of sp³-hybridized carbons (Fsp3) is 0.333. The van der Waals surface area contributed by atoms with Crippen LogP contribution in [0.5, 0.6) is 11.5 Å². The summed E-state index contributed by atoms with van der Waals surface area (Å²) in [5.41, 5.74) is 0.356. The van der Waals surface area contributed by atoms with Crippen molar-refractivity contribution in [1.29, 1.82) is 0 Å². The van der Waals surface area contributed by atoms with Crippen molar-refractivity contribution in [2.75, 3.05) is 13.8 Å². The Hall–Kier alpha value is -0.810. The molecular weight excluding hydrogens is 255 g/mol. The molecule has 0 saturated heterocycles. The van der Waals surface area contributed by atoms with E-state index < -0.39 is 12.8 Å². The van der Waals surface area contributed by atoms with Crippen LogP contribution in [0.4, 0.5) is 4.39 Å². The van der Waals surface area contributed by atoms with Gasteiger partial charge in [0.15, 0.2) is 11.5 Å². The number of halogens is 2. The minimum absolute atomic E-state index is 0.0673. The standard InChI is InChI=1S/C9H10BrFO3/c1-14-8-3-5(7(12)4-11)2-6(10)9(8)13/h2-3,7,12-13H,4H2,1H3. The maximum absolute atomic E-state index is 12.2. The molecule has 0 aliphatic carbocycles. The summed E-state index contributed by atoms with van der Waals surface area (Å²) in [5, 5.41) is 18.7. The van der Waals surface area contributed by atoms with E-state index in [1.54, 1.807) is 0 Å². The van der Waals surface area contributed by atoms with Crippen molar-refractivity contribution in [1.82, 2.24) is 0 Å². The zero-order chi connectivity index (χ0) is 10.7. The predicted molar refractivity (Wildman–Crippen MR) is 53.3 cm³/mol. The second-order valence-corrected chi connectivity index (χ2v) is 3.58. The number of phenolic OH excluding ortho intramolecular Hbond substituents is 1. The molecule has 0 fully saturated rings. The van der Waals surface area contributed by atoms with Crippen LogP contribution in [-0.4, -0.2) is 24.0 Å². The normalized spacial score (nSPS) is 12.6. The highest BCUT2D eigenvalue weighted by Crippen LogP contribution is 2.36. The Morgan fingerprint density at radius 3 is 2.71 bits per heavy atom. The largest absolute Gasteiger partial charge is 0.503 e. The van der Waals surface area contributed by atoms with Crippen LogP contribution in [0.25, 0.3) is 0 Å². The first-order valence-corrected chi connectivity index (χ1v) is 4.70. The Bertz CT molecular complexity index is 330. The van der Waals surface area contributed by atoms with E-state index in [2.05, 4.69) is 15.9 Å². The summed E-state index contributed by atoms with van der Waals surface area (Å²) >= 11 is 3.07. The summed E-state index contributed by atoms with van der Waals surface area (Å²) in [6.07, 6.45) is -1.19. The van der Waals surface area contributed by atoms with Gasteiger partial charge in [0.05, 0.1) is 11.6 Å². The molecule has 1 aromatic carbocycles. The van der Waals surface area contributed by atoms with Gasteiger partial charge >= 0.3 is 0 Å². The molecule has 5 heteroatoms. The third-order valence-corrected chi connectivity index (χ3v) is 2.41. The lowest BCUT2D eigenvalue weighted by Crippen LogP contribution is -2.00. The van der Waals surface area contributed by atoms with E-state index in [0.29, 0.717) is 10.0 Å². The van der Waals surface area contributed by atoms with E-state index in [1.165, 1.54) is 19.2 Å². The van der Waals surface area contributed by atoms with Crippen LogP contribution in [0.2, 0.25) is 0 Å². The molecule has 0 bridgehead atoms. The molecule has 1 atom stereocenters. The topological polar surface area (TPSA) is 49.7 Å². The molecule has 0 aliphatic rings. The van der Waals surface area contributed by atoms with Crippen LogP contribution in [-0.2, 0) is 0 Å². The van der Waals surface area contributed by atoms with Crippen LogP contribution in [0.3, 0.4) is 0 Å². The van der Waals surface area contributed by atoms with Crippen molar-refractivity contribution in [3.05, 3.63) is 22.2 Å². The average molecular weight is 265 g/mol. The quantitative estimate of drug-likeness (QED) is 0.880. The Kier molecular flexibility index (Phi) is 3.71. The Morgan fingerprint density at radius 2 is 2.21 bits per heavy atom. The third-order valence-electron chi connectivity index (χ3n) is 1.80. The van der Waals surface area contributed by atoms with Gasteiger partial charge in [0, 0.05) is 0 Å². The van der Waals surface area contributed by atoms with Gasteiger partial charge in [-0.05, 0) is 33.6 Å². The van der Waals surface area contributed by atoms with E-state index in [9.17, 15) is 14.6 Å². The average Bonchev–Trinajstić information content (AvgIpc) is 2.20. The molecule has 14 heavy (non-hydrogen) atoms. The minimum Gasteiger partial charge on any atom is -0.503 e. The zero-order valence-electron chi connectivity index (χ0n) is 7.50. The van der Waals surface area contributed by atoms with Crippen LogP contribution < -0.4 is 4.74 Å². The molecule has 0 heterocycles. The summed E-state index contributed by atoms with van der Waals surface area (Å²) in [4.78, 5) is 0. The van der Waals surface area contributed by atoms with Crippen molar-refractivity contribution in [2.45, 2.75) is 6.10 Å². The number of hydrogen-bond donors (Lipinski definition) is 2. The number of ether oxygens (including phenoxy) is 1. The van der Waals surface area contributed by atoms with Crippen molar-refractivity contribution in [3.63, 3.8) is 0 Å². The summed E-state index contributed by atoms with van der Waals surface area (Å²) < 4.78 is 17.4. The van der Waals surface area contributed by atoms with Crippen LogP contribution in [0, 0.1) is 0 Å². The Balaban J connectivity index is 3.16. The minimum atomic E-state index is -1.19. The Morgan fingerprint density at radius 1 is 1.57 bits per heavy atom. The smallest absolute Gasteiger partial charge is 0.172 e. The number of phenols is 1. The lowest BCUT2D eigenvalue weighted by Gasteiger charge is -2.11. The van der Waals surface area contributed by atoms with Gasteiger partial charge in [-0.3, -0.25) is 0 Å². The molecule has 0 aliphatic heterocycles. The highest BCUT2D eigenvalue weighted by Gasteiger charge is 2.13. The molecule has 2 N–H and O–H groups in total. The number of aliphatic hydroxyl groups is 1. The van der Waals surface area contributed by atoms with Crippen molar-refractivity contribution >= 4 is 15.9 Å². The first-order valence-electron chi connectivity index (χ1n) is 3.90. The molecule has 1 unspecified atom stereocenters. The van der Waals surface area contributed by atoms with E-state index in [1.807, 2.05) is 0 Å². The maximum Gasteiger partial charge on any atom is 0.172 e. The second kappa shape index (κ2) is 4.61. The number of hydrogen-bond acceptors (Lipinski definition) is 3. The van der Waals surface area contributed by atoms with Crippen LogP contribution in [0.1, 0.15) is 11.7 Å². The summed E-state index contributed by atoms with van der Waals surface area (Å²) in [7, 11) is 1.38. The molecule has 0 spiro atoms. The van der Waals surface area contributed by atoms with Gasteiger partial charge in [0.2, 0.25) is 0 Å². The first-order chi connectivity index (χ1) is 6.60. The van der Waals surface area contributed by atoms with Gasteiger partial charge in [-0.2, -0.15) is 0 Å². The molecule has 3 nitrogen and oxygen atoms in total. The molecule has 0 radical (unpaired) electrons. The third kappa shape index (κ3) is 2.16. The summed E-state index contributed by atoms with van der Waals surface area (Å²) in [6.45, 7) is -0.875. The molecule has 1 aromatic rings. The monoisotopic (exact) mass is 264 g/mol. The first kappa shape index (κ1) is 11.3. The zero-order valence-corrected chi connectivity index (χ0v) is 9.08. The highest BCUT2D eigenvalue weighted by atomic mass is 79.9. The molecule has 78 valence electrons. The molecular formula is C9H10BrFO3. The number of aromatic hydroxyl groups is 1. The lowest BCUT2D eigenvalue weighted by molar-refractivity contribution is 0.141. The number of methoxy groups -OCH3 is 1. The van der Waals surface area contributed by atoms with Gasteiger partial charge in [-0.25, -0.2) is 4.39 Å².